The number of benzene rings is 1. The third-order valence-electron chi connectivity index (χ3n) is 1.96. The minimum Gasteiger partial charge on any atom is -0.313 e. The molecule has 1 aromatic carbocycles. The molecule has 0 saturated carbocycles. The highest BCUT2D eigenvalue weighted by molar-refractivity contribution is 5.59. The Morgan fingerprint density at radius 1 is 1.00 bits per heavy atom. The van der Waals surface area contributed by atoms with Gasteiger partial charge >= 0.3 is 0 Å². The van der Waals surface area contributed by atoms with Gasteiger partial charge in [0, 0.05) is 17.7 Å². The zero-order valence-corrected chi connectivity index (χ0v) is 7.80. The van der Waals surface area contributed by atoms with Crippen LogP contribution in [-0.4, -0.2) is 9.97 Å². The molecule has 82 valence electrons. The van der Waals surface area contributed by atoms with Gasteiger partial charge in [-0.15, -0.1) is 0 Å². The molecule has 6 heteroatoms. The minimum atomic E-state index is -1.29. The Morgan fingerprint density at radius 2 is 1.69 bits per heavy atom. The van der Waals surface area contributed by atoms with Crippen molar-refractivity contribution >= 4 is 0 Å². The predicted molar refractivity (Wildman–Crippen MR) is 50.2 cm³/mol. The molecule has 0 atom stereocenters. The molecule has 1 aromatic heterocycles. The lowest BCUT2D eigenvalue weighted by Gasteiger charge is -2.02. The molecule has 3 nitrogen and oxygen atoms in total. The standard InChI is InChI=1S/C10H5F3N2O/c11-6-2-8(13)7(12)1-5(6)9-3-10(16)15-4-14-9/h1-4H,(H,14,15,16). The molecule has 2 rings (SSSR count). The highest BCUT2D eigenvalue weighted by Crippen LogP contribution is 2.22. The van der Waals surface area contributed by atoms with E-state index in [2.05, 4.69) is 9.97 Å². The van der Waals surface area contributed by atoms with Crippen molar-refractivity contribution in [2.45, 2.75) is 0 Å². The van der Waals surface area contributed by atoms with E-state index in [9.17, 15) is 18.0 Å². The number of hydrogen-bond donors (Lipinski definition) is 1. The number of aromatic nitrogens is 2. The Labute approximate surface area is 87.6 Å². The molecular weight excluding hydrogens is 221 g/mol. The van der Waals surface area contributed by atoms with Gasteiger partial charge in [-0.25, -0.2) is 18.2 Å². The number of nitrogens with zero attached hydrogens (tertiary/aromatic N) is 1. The van der Waals surface area contributed by atoms with E-state index in [1.807, 2.05) is 0 Å². The molecule has 0 amide bonds. The quantitative estimate of drug-likeness (QED) is 0.754. The summed E-state index contributed by atoms with van der Waals surface area (Å²) >= 11 is 0. The molecule has 1 N–H and O–H groups in total. The largest absolute Gasteiger partial charge is 0.313 e. The van der Waals surface area contributed by atoms with Gasteiger partial charge in [-0.1, -0.05) is 0 Å². The van der Waals surface area contributed by atoms with Crippen LogP contribution in [0.2, 0.25) is 0 Å². The molecule has 0 saturated heterocycles. The van der Waals surface area contributed by atoms with Crippen molar-refractivity contribution in [1.29, 1.82) is 0 Å². The molecule has 0 aliphatic carbocycles. The first kappa shape index (κ1) is 10.4. The first-order valence-electron chi connectivity index (χ1n) is 4.27. The molecule has 16 heavy (non-hydrogen) atoms. The minimum absolute atomic E-state index is 0.0554. The third kappa shape index (κ3) is 1.81. The van der Waals surface area contributed by atoms with Crippen molar-refractivity contribution in [3.05, 3.63) is 52.3 Å². The van der Waals surface area contributed by atoms with E-state index < -0.39 is 23.0 Å². The second kappa shape index (κ2) is 3.80. The molecule has 0 spiro atoms. The van der Waals surface area contributed by atoms with Crippen LogP contribution in [0.1, 0.15) is 0 Å². The maximum atomic E-state index is 13.3. The van der Waals surface area contributed by atoms with Crippen LogP contribution in [0.4, 0.5) is 13.2 Å². The summed E-state index contributed by atoms with van der Waals surface area (Å²) < 4.78 is 38.8. The number of halogens is 3. The maximum absolute atomic E-state index is 13.3. The first-order valence-corrected chi connectivity index (χ1v) is 4.27. The van der Waals surface area contributed by atoms with E-state index in [-0.39, 0.29) is 11.3 Å². The van der Waals surface area contributed by atoms with E-state index in [4.69, 9.17) is 0 Å². The topological polar surface area (TPSA) is 45.8 Å². The van der Waals surface area contributed by atoms with Gasteiger partial charge in [0.25, 0.3) is 5.56 Å². The Hall–Kier alpha value is -2.11. The Balaban J connectivity index is 2.65. The number of aromatic amines is 1. The molecule has 1 heterocycles. The van der Waals surface area contributed by atoms with Gasteiger partial charge in [-0.3, -0.25) is 4.79 Å². The van der Waals surface area contributed by atoms with E-state index >= 15 is 0 Å². The summed E-state index contributed by atoms with van der Waals surface area (Å²) in [4.78, 5) is 16.8. The Bertz CT molecular complexity index is 595. The Morgan fingerprint density at radius 3 is 2.38 bits per heavy atom. The SMILES string of the molecule is O=c1cc(-c2cc(F)c(F)cc2F)nc[nH]1. The van der Waals surface area contributed by atoms with Crippen LogP contribution in [0.25, 0.3) is 11.3 Å². The van der Waals surface area contributed by atoms with Crippen molar-refractivity contribution in [1.82, 2.24) is 9.97 Å². The lowest BCUT2D eigenvalue weighted by atomic mass is 10.1. The van der Waals surface area contributed by atoms with Crippen LogP contribution >= 0.6 is 0 Å². The second-order valence-corrected chi connectivity index (χ2v) is 3.04. The predicted octanol–water partition coefficient (Wildman–Crippen LogP) is 1.85. The second-order valence-electron chi connectivity index (χ2n) is 3.04. The van der Waals surface area contributed by atoms with Crippen LogP contribution < -0.4 is 5.56 Å². The van der Waals surface area contributed by atoms with Gasteiger partial charge in [0.15, 0.2) is 11.6 Å². The van der Waals surface area contributed by atoms with Crippen LogP contribution in [-0.2, 0) is 0 Å². The van der Waals surface area contributed by atoms with E-state index in [1.54, 1.807) is 0 Å². The zero-order valence-electron chi connectivity index (χ0n) is 7.80. The van der Waals surface area contributed by atoms with Crippen molar-refractivity contribution in [2.24, 2.45) is 0 Å². The van der Waals surface area contributed by atoms with Crippen LogP contribution in [0, 0.1) is 17.5 Å². The van der Waals surface area contributed by atoms with Gasteiger partial charge in [-0.05, 0) is 6.07 Å². The first-order chi connectivity index (χ1) is 7.58. The molecule has 0 unspecified atom stereocenters. The molecule has 0 bridgehead atoms. The van der Waals surface area contributed by atoms with Gasteiger partial charge in [-0.2, -0.15) is 0 Å². The smallest absolute Gasteiger partial charge is 0.251 e. The molecule has 0 radical (unpaired) electrons. The maximum Gasteiger partial charge on any atom is 0.251 e. The van der Waals surface area contributed by atoms with Crippen LogP contribution in [0.5, 0.6) is 0 Å². The number of hydrogen-bond acceptors (Lipinski definition) is 2. The number of nitrogens with one attached hydrogen (secondary N) is 1. The average molecular weight is 226 g/mol. The van der Waals surface area contributed by atoms with Crippen molar-refractivity contribution in [3.63, 3.8) is 0 Å². The van der Waals surface area contributed by atoms with Crippen molar-refractivity contribution < 1.29 is 13.2 Å². The number of H-pyrrole nitrogens is 1. The molecule has 0 fully saturated rings. The van der Waals surface area contributed by atoms with E-state index in [0.29, 0.717) is 12.1 Å². The molecule has 0 aliphatic heterocycles. The lowest BCUT2D eigenvalue weighted by Crippen LogP contribution is -2.05. The van der Waals surface area contributed by atoms with Crippen LogP contribution in [0.15, 0.2) is 29.3 Å². The highest BCUT2D eigenvalue weighted by Gasteiger charge is 2.12. The lowest BCUT2D eigenvalue weighted by molar-refractivity contribution is 0.496. The summed E-state index contributed by atoms with van der Waals surface area (Å²) in [7, 11) is 0. The fourth-order valence-corrected chi connectivity index (χ4v) is 1.23. The summed E-state index contributed by atoms with van der Waals surface area (Å²) in [5, 5.41) is 0. The summed E-state index contributed by atoms with van der Waals surface area (Å²) in [5.74, 6) is -3.46. The summed E-state index contributed by atoms with van der Waals surface area (Å²) in [5.41, 5.74) is -0.820. The van der Waals surface area contributed by atoms with Gasteiger partial charge in [0.2, 0.25) is 0 Å². The molecule has 0 aliphatic rings. The van der Waals surface area contributed by atoms with Gasteiger partial charge in [0.05, 0.1) is 12.0 Å². The van der Waals surface area contributed by atoms with Gasteiger partial charge in [0.1, 0.15) is 5.82 Å². The molecule has 2 aromatic rings. The summed E-state index contributed by atoms with van der Waals surface area (Å²) in [6.45, 7) is 0. The number of rotatable bonds is 1. The Kier molecular flexibility index (Phi) is 2.47. The van der Waals surface area contributed by atoms with Gasteiger partial charge < -0.3 is 4.98 Å². The highest BCUT2D eigenvalue weighted by atomic mass is 19.2. The fraction of sp³-hybridized carbons (Fsp3) is 0. The fourth-order valence-electron chi connectivity index (χ4n) is 1.23. The molecular formula is C10H5F3N2O. The van der Waals surface area contributed by atoms with Crippen LogP contribution in [0.3, 0.4) is 0 Å². The van der Waals surface area contributed by atoms with Crippen molar-refractivity contribution in [2.75, 3.05) is 0 Å². The monoisotopic (exact) mass is 226 g/mol. The average Bonchev–Trinajstić information content (AvgIpc) is 2.23. The van der Waals surface area contributed by atoms with Crippen molar-refractivity contribution in [3.8, 4) is 11.3 Å². The summed E-state index contributed by atoms with van der Waals surface area (Å²) in [6, 6.07) is 2.07. The van der Waals surface area contributed by atoms with E-state index in [0.717, 1.165) is 12.4 Å². The zero-order chi connectivity index (χ0) is 11.7. The summed E-state index contributed by atoms with van der Waals surface area (Å²) in [6.07, 6.45) is 1.05. The normalized spacial score (nSPS) is 10.4. The third-order valence-corrected chi connectivity index (χ3v) is 1.96. The van der Waals surface area contributed by atoms with E-state index in [1.165, 1.54) is 0 Å².